The van der Waals surface area contributed by atoms with Gasteiger partial charge in [0.05, 0.1) is 6.54 Å². The van der Waals surface area contributed by atoms with Crippen molar-refractivity contribution in [2.24, 2.45) is 11.8 Å². The maximum Gasteiger partial charge on any atom is 0.230 e. The summed E-state index contributed by atoms with van der Waals surface area (Å²) in [5.74, 6) is 0.882. The van der Waals surface area contributed by atoms with E-state index in [1.165, 1.54) is 12.8 Å². The largest absolute Gasteiger partial charge is 0.308 e. The first-order chi connectivity index (χ1) is 10.3. The van der Waals surface area contributed by atoms with Gasteiger partial charge in [-0.2, -0.15) is 0 Å². The standard InChI is InChI=1S/C18H20N2O/c1-14(16-9-10-16)18(21)20(17-7-3-2-4-8-17)13-15-6-5-11-19-12-15/h2-8,11-12,14,16H,9-10,13H2,1H3. The number of pyridine rings is 1. The van der Waals surface area contributed by atoms with Gasteiger partial charge in [-0.15, -0.1) is 0 Å². The summed E-state index contributed by atoms with van der Waals surface area (Å²) in [7, 11) is 0. The van der Waals surface area contributed by atoms with Crippen LogP contribution in [0.1, 0.15) is 25.3 Å². The third-order valence-electron chi connectivity index (χ3n) is 4.12. The summed E-state index contributed by atoms with van der Waals surface area (Å²) in [6.45, 7) is 2.63. The molecule has 0 spiro atoms. The maximum absolute atomic E-state index is 12.8. The minimum atomic E-state index is 0.0990. The van der Waals surface area contributed by atoms with E-state index in [0.29, 0.717) is 12.5 Å². The summed E-state index contributed by atoms with van der Waals surface area (Å²) in [6.07, 6.45) is 5.95. The predicted molar refractivity (Wildman–Crippen MR) is 83.8 cm³/mol. The number of hydrogen-bond donors (Lipinski definition) is 0. The smallest absolute Gasteiger partial charge is 0.230 e. The molecule has 21 heavy (non-hydrogen) atoms. The molecule has 0 saturated heterocycles. The first kappa shape index (κ1) is 13.8. The van der Waals surface area contributed by atoms with Crippen molar-refractivity contribution in [3.63, 3.8) is 0 Å². The fourth-order valence-electron chi connectivity index (χ4n) is 2.62. The zero-order chi connectivity index (χ0) is 14.7. The second kappa shape index (κ2) is 6.08. The number of amides is 1. The molecule has 2 aromatic rings. The SMILES string of the molecule is CC(C(=O)N(Cc1cccnc1)c1ccccc1)C1CC1. The highest BCUT2D eigenvalue weighted by Gasteiger charge is 2.35. The summed E-state index contributed by atoms with van der Waals surface area (Å²) in [4.78, 5) is 18.9. The molecular weight excluding hydrogens is 260 g/mol. The molecule has 0 radical (unpaired) electrons. The van der Waals surface area contributed by atoms with Crippen molar-refractivity contribution in [1.29, 1.82) is 0 Å². The Kier molecular flexibility index (Phi) is 4.00. The van der Waals surface area contributed by atoms with Crippen LogP contribution < -0.4 is 4.90 Å². The van der Waals surface area contributed by atoms with E-state index >= 15 is 0 Å². The Labute approximate surface area is 125 Å². The molecule has 1 atom stereocenters. The highest BCUT2D eigenvalue weighted by Crippen LogP contribution is 2.38. The predicted octanol–water partition coefficient (Wildman–Crippen LogP) is 3.66. The molecule has 108 valence electrons. The molecule has 0 bridgehead atoms. The number of aromatic nitrogens is 1. The highest BCUT2D eigenvalue weighted by atomic mass is 16.2. The molecule has 3 rings (SSSR count). The minimum Gasteiger partial charge on any atom is -0.308 e. The van der Waals surface area contributed by atoms with Gasteiger partial charge in [-0.25, -0.2) is 0 Å². The van der Waals surface area contributed by atoms with Crippen LogP contribution in [-0.4, -0.2) is 10.9 Å². The van der Waals surface area contributed by atoms with E-state index < -0.39 is 0 Å². The second-order valence-corrected chi connectivity index (χ2v) is 5.75. The Morgan fingerprint density at radius 1 is 1.24 bits per heavy atom. The lowest BCUT2D eigenvalue weighted by atomic mass is 10.0. The lowest BCUT2D eigenvalue weighted by Crippen LogP contribution is -2.35. The van der Waals surface area contributed by atoms with Gasteiger partial charge in [0.25, 0.3) is 0 Å². The van der Waals surface area contributed by atoms with E-state index in [2.05, 4.69) is 11.9 Å². The van der Waals surface area contributed by atoms with Crippen LogP contribution in [0.4, 0.5) is 5.69 Å². The fraction of sp³-hybridized carbons (Fsp3) is 0.333. The summed E-state index contributed by atoms with van der Waals surface area (Å²) in [5.41, 5.74) is 2.01. The molecule has 1 aromatic carbocycles. The van der Waals surface area contributed by atoms with Crippen molar-refractivity contribution in [2.45, 2.75) is 26.3 Å². The first-order valence-corrected chi connectivity index (χ1v) is 7.51. The zero-order valence-corrected chi connectivity index (χ0v) is 12.3. The van der Waals surface area contributed by atoms with Gasteiger partial charge in [-0.1, -0.05) is 31.2 Å². The Bertz CT molecular complexity index is 593. The highest BCUT2D eigenvalue weighted by molar-refractivity contribution is 5.95. The van der Waals surface area contributed by atoms with Crippen LogP contribution in [0.3, 0.4) is 0 Å². The average Bonchev–Trinajstić information content (AvgIpc) is 3.38. The third kappa shape index (κ3) is 3.30. The summed E-state index contributed by atoms with van der Waals surface area (Å²) >= 11 is 0. The summed E-state index contributed by atoms with van der Waals surface area (Å²) < 4.78 is 0. The lowest BCUT2D eigenvalue weighted by Gasteiger charge is -2.26. The van der Waals surface area contributed by atoms with Crippen LogP contribution in [0, 0.1) is 11.8 Å². The molecule has 0 N–H and O–H groups in total. The number of carbonyl (C=O) groups excluding carboxylic acids is 1. The van der Waals surface area contributed by atoms with Crippen molar-refractivity contribution in [2.75, 3.05) is 4.90 Å². The van der Waals surface area contributed by atoms with Gasteiger partial charge in [0, 0.05) is 24.0 Å². The maximum atomic E-state index is 12.8. The number of rotatable bonds is 5. The van der Waals surface area contributed by atoms with Crippen molar-refractivity contribution in [1.82, 2.24) is 4.98 Å². The number of carbonyl (C=O) groups is 1. The Balaban J connectivity index is 1.85. The minimum absolute atomic E-state index is 0.0990. The van der Waals surface area contributed by atoms with Crippen LogP contribution in [0.15, 0.2) is 54.9 Å². The monoisotopic (exact) mass is 280 g/mol. The van der Waals surface area contributed by atoms with Gasteiger partial charge in [0.1, 0.15) is 0 Å². The number of benzene rings is 1. The molecule has 3 heteroatoms. The van der Waals surface area contributed by atoms with Crippen LogP contribution >= 0.6 is 0 Å². The summed E-state index contributed by atoms with van der Waals surface area (Å²) in [6, 6.07) is 13.8. The van der Waals surface area contributed by atoms with Crippen LogP contribution in [0.5, 0.6) is 0 Å². The van der Waals surface area contributed by atoms with E-state index in [4.69, 9.17) is 0 Å². The van der Waals surface area contributed by atoms with Crippen LogP contribution in [0.2, 0.25) is 0 Å². The van der Waals surface area contributed by atoms with Crippen molar-refractivity contribution in [3.05, 3.63) is 60.4 Å². The molecule has 1 amide bonds. The van der Waals surface area contributed by atoms with E-state index in [1.54, 1.807) is 6.20 Å². The molecular formula is C18H20N2O. The van der Waals surface area contributed by atoms with Crippen molar-refractivity contribution < 1.29 is 4.79 Å². The number of para-hydroxylation sites is 1. The lowest BCUT2D eigenvalue weighted by molar-refractivity contribution is -0.122. The quantitative estimate of drug-likeness (QED) is 0.837. The molecule has 1 aliphatic rings. The Morgan fingerprint density at radius 3 is 2.62 bits per heavy atom. The molecule has 1 saturated carbocycles. The van der Waals surface area contributed by atoms with Crippen molar-refractivity contribution >= 4 is 11.6 Å². The van der Waals surface area contributed by atoms with E-state index in [1.807, 2.05) is 53.6 Å². The normalized spacial score (nSPS) is 15.5. The van der Waals surface area contributed by atoms with Gasteiger partial charge in [-0.3, -0.25) is 9.78 Å². The number of nitrogens with zero attached hydrogens (tertiary/aromatic N) is 2. The molecule has 1 fully saturated rings. The van der Waals surface area contributed by atoms with E-state index in [0.717, 1.165) is 11.3 Å². The second-order valence-electron chi connectivity index (χ2n) is 5.75. The molecule has 0 aliphatic heterocycles. The van der Waals surface area contributed by atoms with Gasteiger partial charge in [-0.05, 0) is 42.5 Å². The van der Waals surface area contributed by atoms with Gasteiger partial charge < -0.3 is 4.90 Å². The average molecular weight is 280 g/mol. The van der Waals surface area contributed by atoms with Crippen LogP contribution in [-0.2, 0) is 11.3 Å². The Hall–Kier alpha value is -2.16. The van der Waals surface area contributed by atoms with Crippen LogP contribution in [0.25, 0.3) is 0 Å². The molecule has 3 nitrogen and oxygen atoms in total. The molecule has 1 heterocycles. The Morgan fingerprint density at radius 2 is 2.00 bits per heavy atom. The third-order valence-corrected chi connectivity index (χ3v) is 4.12. The van der Waals surface area contributed by atoms with Crippen molar-refractivity contribution in [3.8, 4) is 0 Å². The topological polar surface area (TPSA) is 33.2 Å². The zero-order valence-electron chi connectivity index (χ0n) is 12.3. The number of anilines is 1. The van der Waals surface area contributed by atoms with Gasteiger partial charge >= 0.3 is 0 Å². The van der Waals surface area contributed by atoms with E-state index in [-0.39, 0.29) is 11.8 Å². The first-order valence-electron chi connectivity index (χ1n) is 7.51. The molecule has 1 aliphatic carbocycles. The molecule has 1 unspecified atom stereocenters. The van der Waals surface area contributed by atoms with E-state index in [9.17, 15) is 4.79 Å². The van der Waals surface area contributed by atoms with Gasteiger partial charge in [0.15, 0.2) is 0 Å². The summed E-state index contributed by atoms with van der Waals surface area (Å²) in [5, 5.41) is 0. The fourth-order valence-corrected chi connectivity index (χ4v) is 2.62. The molecule has 1 aromatic heterocycles. The van der Waals surface area contributed by atoms with Gasteiger partial charge in [0.2, 0.25) is 5.91 Å². The number of hydrogen-bond acceptors (Lipinski definition) is 2.